The average Bonchev–Trinajstić information content (AvgIpc) is 2.34. The zero-order valence-electron chi connectivity index (χ0n) is 11.2. The minimum Gasteiger partial charge on any atom is -0.396 e. The maximum atomic E-state index is 12.1. The molecule has 0 aromatic carbocycles. The molecule has 2 aliphatic rings. The summed E-state index contributed by atoms with van der Waals surface area (Å²) in [6, 6.07) is 0.172. The fourth-order valence-electron chi connectivity index (χ4n) is 3.34. The summed E-state index contributed by atoms with van der Waals surface area (Å²) in [5, 5.41) is 12.5. The Kier molecular flexibility index (Phi) is 4.62. The van der Waals surface area contributed by atoms with Crippen molar-refractivity contribution < 1.29 is 9.90 Å². The summed E-state index contributed by atoms with van der Waals surface area (Å²) in [4.78, 5) is 12.1. The minimum absolute atomic E-state index is 0.0768. The second-order valence-electron chi connectivity index (χ2n) is 6.14. The molecule has 4 nitrogen and oxygen atoms in total. The predicted molar refractivity (Wildman–Crippen MR) is 70.9 cm³/mol. The van der Waals surface area contributed by atoms with Gasteiger partial charge in [0.25, 0.3) is 0 Å². The van der Waals surface area contributed by atoms with E-state index in [1.54, 1.807) is 0 Å². The van der Waals surface area contributed by atoms with Crippen molar-refractivity contribution in [2.75, 3.05) is 13.2 Å². The first-order valence-corrected chi connectivity index (χ1v) is 7.29. The van der Waals surface area contributed by atoms with Gasteiger partial charge in [-0.15, -0.1) is 0 Å². The zero-order valence-corrected chi connectivity index (χ0v) is 11.2. The van der Waals surface area contributed by atoms with E-state index in [0.29, 0.717) is 13.0 Å². The van der Waals surface area contributed by atoms with Crippen LogP contribution in [-0.2, 0) is 4.79 Å². The molecule has 2 fully saturated rings. The summed E-state index contributed by atoms with van der Waals surface area (Å²) in [7, 11) is 0. The SMILES string of the molecule is NCC1(CC(=O)NC2CCCCC2CO)CCC1. The van der Waals surface area contributed by atoms with Crippen molar-refractivity contribution in [2.24, 2.45) is 17.1 Å². The van der Waals surface area contributed by atoms with E-state index in [9.17, 15) is 9.90 Å². The monoisotopic (exact) mass is 254 g/mol. The Morgan fingerprint density at radius 2 is 2.00 bits per heavy atom. The van der Waals surface area contributed by atoms with Gasteiger partial charge in [0.1, 0.15) is 0 Å². The van der Waals surface area contributed by atoms with E-state index < -0.39 is 0 Å². The van der Waals surface area contributed by atoms with E-state index in [4.69, 9.17) is 5.73 Å². The van der Waals surface area contributed by atoms with Crippen LogP contribution in [0.25, 0.3) is 0 Å². The Labute approximate surface area is 109 Å². The van der Waals surface area contributed by atoms with Crippen molar-refractivity contribution in [2.45, 2.75) is 57.4 Å². The van der Waals surface area contributed by atoms with Crippen molar-refractivity contribution in [3.63, 3.8) is 0 Å². The Morgan fingerprint density at radius 3 is 2.56 bits per heavy atom. The third kappa shape index (κ3) is 3.04. The van der Waals surface area contributed by atoms with Crippen LogP contribution in [-0.4, -0.2) is 30.2 Å². The molecule has 18 heavy (non-hydrogen) atoms. The van der Waals surface area contributed by atoms with Gasteiger partial charge in [0, 0.05) is 25.0 Å². The standard InChI is InChI=1S/C14H26N2O2/c15-10-14(6-3-7-14)8-13(18)16-12-5-2-1-4-11(12)9-17/h11-12,17H,1-10,15H2,(H,16,18). The summed E-state index contributed by atoms with van der Waals surface area (Å²) in [5.41, 5.74) is 5.86. The van der Waals surface area contributed by atoms with Crippen molar-refractivity contribution in [3.8, 4) is 0 Å². The Balaban J connectivity index is 1.82. The van der Waals surface area contributed by atoms with Crippen molar-refractivity contribution in [1.29, 1.82) is 0 Å². The quantitative estimate of drug-likeness (QED) is 0.689. The Morgan fingerprint density at radius 1 is 1.28 bits per heavy atom. The molecule has 0 aromatic heterocycles. The van der Waals surface area contributed by atoms with Crippen molar-refractivity contribution in [3.05, 3.63) is 0 Å². The van der Waals surface area contributed by atoms with E-state index in [-0.39, 0.29) is 29.9 Å². The molecule has 0 heterocycles. The van der Waals surface area contributed by atoms with Gasteiger partial charge in [-0.3, -0.25) is 4.79 Å². The molecule has 2 atom stereocenters. The molecule has 2 rings (SSSR count). The molecule has 0 aromatic rings. The molecule has 0 spiro atoms. The van der Waals surface area contributed by atoms with Gasteiger partial charge in [-0.05, 0) is 37.6 Å². The number of carbonyl (C=O) groups is 1. The maximum Gasteiger partial charge on any atom is 0.220 e. The molecule has 0 bridgehead atoms. The largest absolute Gasteiger partial charge is 0.396 e. The summed E-state index contributed by atoms with van der Waals surface area (Å²) in [6.45, 7) is 0.807. The molecular formula is C14H26N2O2. The molecule has 2 saturated carbocycles. The fourth-order valence-corrected chi connectivity index (χ4v) is 3.34. The molecule has 0 saturated heterocycles. The normalized spacial score (nSPS) is 30.6. The van der Waals surface area contributed by atoms with Crippen LogP contribution < -0.4 is 11.1 Å². The second-order valence-corrected chi connectivity index (χ2v) is 6.14. The van der Waals surface area contributed by atoms with Gasteiger partial charge in [0.15, 0.2) is 0 Å². The van der Waals surface area contributed by atoms with Gasteiger partial charge in [0.2, 0.25) is 5.91 Å². The minimum atomic E-state index is 0.0768. The molecule has 0 radical (unpaired) electrons. The van der Waals surface area contributed by atoms with Crippen LogP contribution >= 0.6 is 0 Å². The molecule has 4 heteroatoms. The number of hydrogen-bond donors (Lipinski definition) is 3. The number of nitrogens with one attached hydrogen (secondary N) is 1. The van der Waals surface area contributed by atoms with Crippen LogP contribution in [0.1, 0.15) is 51.4 Å². The van der Waals surface area contributed by atoms with Gasteiger partial charge in [-0.25, -0.2) is 0 Å². The first kappa shape index (κ1) is 13.8. The second kappa shape index (κ2) is 6.02. The number of rotatable bonds is 5. The van der Waals surface area contributed by atoms with Gasteiger partial charge in [-0.1, -0.05) is 19.3 Å². The van der Waals surface area contributed by atoms with E-state index in [0.717, 1.165) is 32.1 Å². The highest BCUT2D eigenvalue weighted by molar-refractivity contribution is 5.77. The number of amides is 1. The third-order valence-electron chi connectivity index (χ3n) is 4.87. The molecule has 104 valence electrons. The highest BCUT2D eigenvalue weighted by Crippen LogP contribution is 2.42. The zero-order chi connectivity index (χ0) is 13.0. The van der Waals surface area contributed by atoms with Crippen molar-refractivity contribution >= 4 is 5.91 Å². The lowest BCUT2D eigenvalue weighted by molar-refractivity contribution is -0.126. The smallest absolute Gasteiger partial charge is 0.220 e. The van der Waals surface area contributed by atoms with E-state index in [1.807, 2.05) is 0 Å². The van der Waals surface area contributed by atoms with Crippen LogP contribution in [0.5, 0.6) is 0 Å². The summed E-state index contributed by atoms with van der Waals surface area (Å²) < 4.78 is 0. The van der Waals surface area contributed by atoms with Crippen LogP contribution in [0.15, 0.2) is 0 Å². The summed E-state index contributed by atoms with van der Waals surface area (Å²) in [6.07, 6.45) is 8.31. The number of aliphatic hydroxyl groups is 1. The van der Waals surface area contributed by atoms with E-state index in [1.165, 1.54) is 12.8 Å². The molecular weight excluding hydrogens is 228 g/mol. The number of hydrogen-bond acceptors (Lipinski definition) is 3. The fraction of sp³-hybridized carbons (Fsp3) is 0.929. The molecule has 1 amide bonds. The highest BCUT2D eigenvalue weighted by Gasteiger charge is 2.38. The Bertz CT molecular complexity index is 284. The topological polar surface area (TPSA) is 75.4 Å². The first-order chi connectivity index (χ1) is 8.69. The lowest BCUT2D eigenvalue weighted by atomic mass is 9.66. The number of carbonyl (C=O) groups excluding carboxylic acids is 1. The van der Waals surface area contributed by atoms with Crippen molar-refractivity contribution in [1.82, 2.24) is 5.32 Å². The van der Waals surface area contributed by atoms with E-state index >= 15 is 0 Å². The molecule has 0 aliphatic heterocycles. The average molecular weight is 254 g/mol. The van der Waals surface area contributed by atoms with Crippen LogP contribution in [0.4, 0.5) is 0 Å². The highest BCUT2D eigenvalue weighted by atomic mass is 16.3. The Hall–Kier alpha value is -0.610. The van der Waals surface area contributed by atoms with E-state index in [2.05, 4.69) is 5.32 Å². The van der Waals surface area contributed by atoms with Gasteiger partial charge >= 0.3 is 0 Å². The predicted octanol–water partition coefficient (Wildman–Crippen LogP) is 1.17. The molecule has 2 aliphatic carbocycles. The number of aliphatic hydroxyl groups excluding tert-OH is 1. The number of nitrogens with two attached hydrogens (primary N) is 1. The van der Waals surface area contributed by atoms with Gasteiger partial charge < -0.3 is 16.2 Å². The van der Waals surface area contributed by atoms with Crippen LogP contribution in [0, 0.1) is 11.3 Å². The third-order valence-corrected chi connectivity index (χ3v) is 4.87. The van der Waals surface area contributed by atoms with Gasteiger partial charge in [-0.2, -0.15) is 0 Å². The molecule has 2 unspecified atom stereocenters. The van der Waals surface area contributed by atoms with Crippen LogP contribution in [0.2, 0.25) is 0 Å². The maximum absolute atomic E-state index is 12.1. The summed E-state index contributed by atoms with van der Waals surface area (Å²) in [5.74, 6) is 0.378. The lowest BCUT2D eigenvalue weighted by Gasteiger charge is -2.41. The molecule has 4 N–H and O–H groups in total. The lowest BCUT2D eigenvalue weighted by Crippen LogP contribution is -2.47. The summed E-state index contributed by atoms with van der Waals surface area (Å²) >= 11 is 0. The van der Waals surface area contributed by atoms with Crippen LogP contribution in [0.3, 0.4) is 0 Å². The van der Waals surface area contributed by atoms with Gasteiger partial charge in [0.05, 0.1) is 0 Å². The first-order valence-electron chi connectivity index (χ1n) is 7.29.